The number of hydrogen-bond acceptors (Lipinski definition) is 3. The summed E-state index contributed by atoms with van der Waals surface area (Å²) in [5.41, 5.74) is 0. The molecule has 84 valence electrons. The molecule has 0 aliphatic rings. The number of halogens is 3. The van der Waals surface area contributed by atoms with Crippen molar-refractivity contribution in [1.29, 1.82) is 0 Å². The summed E-state index contributed by atoms with van der Waals surface area (Å²) in [4.78, 5) is -0.467. The average molecular weight is 301 g/mol. The Hall–Kier alpha value is -0.690. The van der Waals surface area contributed by atoms with Crippen molar-refractivity contribution >= 4 is 25.8 Å². The number of sulfone groups is 1. The van der Waals surface area contributed by atoms with Crippen molar-refractivity contribution in [3.63, 3.8) is 0 Å². The van der Waals surface area contributed by atoms with E-state index in [0.29, 0.717) is 5.75 Å². The molecule has 0 bridgehead atoms. The Labute approximate surface area is 94.1 Å². The molecule has 0 atom stereocenters. The van der Waals surface area contributed by atoms with E-state index in [4.69, 9.17) is 4.74 Å². The molecule has 15 heavy (non-hydrogen) atoms. The highest BCUT2D eigenvalue weighted by Crippen LogP contribution is 2.34. The fraction of sp³-hybridized carbons (Fsp3) is 0.250. The van der Waals surface area contributed by atoms with Crippen molar-refractivity contribution in [3.8, 4) is 5.75 Å². The van der Waals surface area contributed by atoms with Crippen LogP contribution in [0, 0.1) is 0 Å². The third-order valence-corrected chi connectivity index (χ3v) is 4.46. The van der Waals surface area contributed by atoms with Crippen LogP contribution in [-0.4, -0.2) is 19.7 Å². The zero-order valence-corrected chi connectivity index (χ0v) is 9.98. The van der Waals surface area contributed by atoms with Gasteiger partial charge in [0.05, 0.1) is 12.0 Å². The number of alkyl halides is 3. The zero-order chi connectivity index (χ0) is 11.7. The van der Waals surface area contributed by atoms with Crippen molar-refractivity contribution in [2.24, 2.45) is 0 Å². The highest BCUT2D eigenvalue weighted by Gasteiger charge is 2.43. The van der Waals surface area contributed by atoms with Crippen LogP contribution in [0.25, 0.3) is 0 Å². The van der Waals surface area contributed by atoms with E-state index in [0.717, 1.165) is 12.1 Å². The second-order valence-corrected chi connectivity index (χ2v) is 6.14. The van der Waals surface area contributed by atoms with Gasteiger partial charge >= 0.3 is 4.16 Å². The van der Waals surface area contributed by atoms with E-state index in [1.54, 1.807) is 0 Å². The second-order valence-electron chi connectivity index (χ2n) is 2.62. The first kappa shape index (κ1) is 12.4. The number of hydrogen-bond donors (Lipinski definition) is 0. The summed E-state index contributed by atoms with van der Waals surface area (Å²) in [6, 6.07) is 4.71. The number of methoxy groups -OCH3 is 1. The van der Waals surface area contributed by atoms with Crippen LogP contribution < -0.4 is 4.74 Å². The van der Waals surface area contributed by atoms with Gasteiger partial charge in [-0.05, 0) is 24.3 Å². The van der Waals surface area contributed by atoms with Crippen LogP contribution in [0.5, 0.6) is 5.75 Å². The molecular formula is C8H7BrF2O3S. The quantitative estimate of drug-likeness (QED) is 0.805. The van der Waals surface area contributed by atoms with Crippen molar-refractivity contribution in [1.82, 2.24) is 0 Å². The van der Waals surface area contributed by atoms with Gasteiger partial charge in [-0.25, -0.2) is 8.42 Å². The summed E-state index contributed by atoms with van der Waals surface area (Å²) in [5.74, 6) is 0.395. The van der Waals surface area contributed by atoms with Gasteiger partial charge in [-0.3, -0.25) is 0 Å². The summed E-state index contributed by atoms with van der Waals surface area (Å²) in [6.07, 6.45) is 0. The van der Waals surface area contributed by atoms with Gasteiger partial charge in [-0.1, -0.05) is 0 Å². The first-order valence-corrected chi connectivity index (χ1v) is 6.02. The van der Waals surface area contributed by atoms with Crippen molar-refractivity contribution in [2.75, 3.05) is 7.11 Å². The SMILES string of the molecule is COc1ccc(S(=O)(=O)C(F)(F)Br)cc1. The van der Waals surface area contributed by atoms with E-state index < -0.39 is 18.9 Å². The summed E-state index contributed by atoms with van der Waals surface area (Å²) < 4.78 is 48.6. The lowest BCUT2D eigenvalue weighted by Gasteiger charge is -2.10. The van der Waals surface area contributed by atoms with E-state index in [1.807, 2.05) is 15.9 Å². The molecule has 0 saturated heterocycles. The number of rotatable bonds is 3. The molecule has 3 nitrogen and oxygen atoms in total. The molecule has 0 aliphatic heterocycles. The highest BCUT2D eigenvalue weighted by molar-refractivity contribution is 9.11. The van der Waals surface area contributed by atoms with Crippen molar-refractivity contribution < 1.29 is 21.9 Å². The lowest BCUT2D eigenvalue weighted by atomic mass is 10.3. The minimum absolute atomic E-state index is 0.395. The van der Waals surface area contributed by atoms with Crippen LogP contribution in [0.15, 0.2) is 29.2 Å². The van der Waals surface area contributed by atoms with Crippen LogP contribution in [0.4, 0.5) is 8.78 Å². The molecule has 1 rings (SSSR count). The summed E-state index contributed by atoms with van der Waals surface area (Å²) in [7, 11) is -3.28. The molecule has 0 spiro atoms. The average Bonchev–Trinajstić information content (AvgIpc) is 2.16. The maximum atomic E-state index is 12.7. The lowest BCUT2D eigenvalue weighted by molar-refractivity contribution is 0.204. The zero-order valence-electron chi connectivity index (χ0n) is 7.58. The Morgan fingerprint density at radius 3 is 2.07 bits per heavy atom. The van der Waals surface area contributed by atoms with Gasteiger partial charge < -0.3 is 4.74 Å². The van der Waals surface area contributed by atoms with E-state index in [2.05, 4.69) is 0 Å². The molecule has 1 aromatic carbocycles. The predicted octanol–water partition coefficient (Wildman–Crippen LogP) is 2.41. The van der Waals surface area contributed by atoms with Crippen molar-refractivity contribution in [2.45, 2.75) is 9.06 Å². The Morgan fingerprint density at radius 2 is 1.73 bits per heavy atom. The van der Waals surface area contributed by atoms with Gasteiger partial charge in [0.15, 0.2) is 0 Å². The maximum absolute atomic E-state index is 12.7. The van der Waals surface area contributed by atoms with Crippen LogP contribution in [0.2, 0.25) is 0 Å². The second kappa shape index (κ2) is 4.05. The van der Waals surface area contributed by atoms with E-state index in [9.17, 15) is 17.2 Å². The molecule has 0 saturated carbocycles. The number of ether oxygens (including phenoxy) is 1. The molecule has 0 heterocycles. The van der Waals surface area contributed by atoms with Crippen LogP contribution in [0.3, 0.4) is 0 Å². The Morgan fingerprint density at radius 1 is 1.27 bits per heavy atom. The topological polar surface area (TPSA) is 43.4 Å². The van der Waals surface area contributed by atoms with Gasteiger partial charge in [-0.2, -0.15) is 8.78 Å². The molecule has 0 aromatic heterocycles. The number of benzene rings is 1. The first-order chi connectivity index (χ1) is 6.79. The van der Waals surface area contributed by atoms with Gasteiger partial charge in [-0.15, -0.1) is 0 Å². The van der Waals surface area contributed by atoms with Gasteiger partial charge in [0, 0.05) is 15.9 Å². The van der Waals surface area contributed by atoms with Crippen molar-refractivity contribution in [3.05, 3.63) is 24.3 Å². The van der Waals surface area contributed by atoms with Crippen LogP contribution in [0.1, 0.15) is 0 Å². The van der Waals surface area contributed by atoms with Gasteiger partial charge in [0.1, 0.15) is 5.75 Å². The predicted molar refractivity (Wildman–Crippen MR) is 54.1 cm³/mol. The molecule has 0 fully saturated rings. The standard InChI is InChI=1S/C8H7BrF2O3S/c1-14-6-2-4-7(5-3-6)15(12,13)8(9,10)11/h2-5H,1H3. The molecule has 0 radical (unpaired) electrons. The van der Waals surface area contributed by atoms with E-state index in [1.165, 1.54) is 19.2 Å². The molecule has 0 amide bonds. The molecular weight excluding hydrogens is 294 g/mol. The summed E-state index contributed by atoms with van der Waals surface area (Å²) in [5, 5.41) is 0. The van der Waals surface area contributed by atoms with Gasteiger partial charge in [0.2, 0.25) is 0 Å². The fourth-order valence-electron chi connectivity index (χ4n) is 0.889. The Balaban J connectivity index is 3.18. The Bertz CT molecular complexity index is 436. The monoisotopic (exact) mass is 300 g/mol. The molecule has 0 unspecified atom stereocenters. The summed E-state index contributed by atoms with van der Waals surface area (Å²) in [6.45, 7) is 0. The smallest absolute Gasteiger partial charge is 0.404 e. The Kier molecular flexibility index (Phi) is 3.34. The minimum Gasteiger partial charge on any atom is -0.497 e. The lowest BCUT2D eigenvalue weighted by Crippen LogP contribution is -2.21. The maximum Gasteiger partial charge on any atom is 0.404 e. The van der Waals surface area contributed by atoms with Crippen LogP contribution >= 0.6 is 15.9 Å². The minimum atomic E-state index is -4.67. The van der Waals surface area contributed by atoms with Crippen LogP contribution in [-0.2, 0) is 9.84 Å². The van der Waals surface area contributed by atoms with Gasteiger partial charge in [0.25, 0.3) is 9.84 Å². The van der Waals surface area contributed by atoms with E-state index >= 15 is 0 Å². The largest absolute Gasteiger partial charge is 0.497 e. The van der Waals surface area contributed by atoms with E-state index in [-0.39, 0.29) is 0 Å². The molecule has 7 heteroatoms. The molecule has 0 aliphatic carbocycles. The fourth-order valence-corrected chi connectivity index (χ4v) is 2.21. The molecule has 0 N–H and O–H groups in total. The highest BCUT2D eigenvalue weighted by atomic mass is 79.9. The summed E-state index contributed by atoms with van der Waals surface area (Å²) >= 11 is 1.82. The first-order valence-electron chi connectivity index (χ1n) is 3.74. The normalized spacial score (nSPS) is 12.5. The third-order valence-electron chi connectivity index (χ3n) is 1.67. The molecule has 1 aromatic rings. The third kappa shape index (κ3) is 2.46.